The monoisotopic (exact) mass is 254 g/mol. The standard InChI is InChI=1S/C17H18O2/c1-17(2)15-10-5-4-9-14(15)16(19-17)12-7-6-8-13(11-12)18-3/h4-11,16H,1-3H3. The first-order valence-electron chi connectivity index (χ1n) is 6.53. The second-order valence-corrected chi connectivity index (χ2v) is 5.37. The number of hydrogen-bond acceptors (Lipinski definition) is 2. The zero-order valence-corrected chi connectivity index (χ0v) is 11.5. The van der Waals surface area contributed by atoms with E-state index in [-0.39, 0.29) is 11.7 Å². The fourth-order valence-electron chi connectivity index (χ4n) is 2.75. The molecule has 0 saturated heterocycles. The lowest BCUT2D eigenvalue weighted by molar-refractivity contribution is -0.0341. The molecule has 1 atom stereocenters. The van der Waals surface area contributed by atoms with Crippen molar-refractivity contribution in [3.05, 3.63) is 65.2 Å². The third-order valence-corrected chi connectivity index (χ3v) is 3.70. The first kappa shape index (κ1) is 12.2. The van der Waals surface area contributed by atoms with Crippen molar-refractivity contribution in [1.29, 1.82) is 0 Å². The molecule has 2 aromatic carbocycles. The maximum absolute atomic E-state index is 6.25. The van der Waals surface area contributed by atoms with Crippen molar-refractivity contribution in [3.8, 4) is 5.75 Å². The largest absolute Gasteiger partial charge is 0.497 e. The molecular formula is C17H18O2. The van der Waals surface area contributed by atoms with Gasteiger partial charge in [-0.25, -0.2) is 0 Å². The van der Waals surface area contributed by atoms with E-state index in [1.807, 2.05) is 18.2 Å². The summed E-state index contributed by atoms with van der Waals surface area (Å²) in [4.78, 5) is 0. The molecule has 0 amide bonds. The molecule has 1 aliphatic heterocycles. The number of benzene rings is 2. The van der Waals surface area contributed by atoms with Crippen LogP contribution in [0.3, 0.4) is 0 Å². The summed E-state index contributed by atoms with van der Waals surface area (Å²) in [6, 6.07) is 16.5. The topological polar surface area (TPSA) is 18.5 Å². The summed E-state index contributed by atoms with van der Waals surface area (Å²) >= 11 is 0. The molecule has 0 fully saturated rings. The fourth-order valence-corrected chi connectivity index (χ4v) is 2.75. The van der Waals surface area contributed by atoms with Gasteiger partial charge in [-0.2, -0.15) is 0 Å². The highest BCUT2D eigenvalue weighted by molar-refractivity contribution is 5.44. The summed E-state index contributed by atoms with van der Waals surface area (Å²) in [7, 11) is 1.69. The second-order valence-electron chi connectivity index (χ2n) is 5.37. The van der Waals surface area contributed by atoms with Crippen LogP contribution in [0.15, 0.2) is 48.5 Å². The number of hydrogen-bond donors (Lipinski definition) is 0. The van der Waals surface area contributed by atoms with Crippen molar-refractivity contribution in [3.63, 3.8) is 0 Å². The van der Waals surface area contributed by atoms with Crippen LogP contribution in [0, 0.1) is 0 Å². The van der Waals surface area contributed by atoms with Gasteiger partial charge in [-0.05, 0) is 42.7 Å². The molecule has 0 aliphatic carbocycles. The molecule has 1 heterocycles. The van der Waals surface area contributed by atoms with Crippen LogP contribution in [0.25, 0.3) is 0 Å². The Labute approximate surface area is 114 Å². The molecule has 0 radical (unpaired) electrons. The summed E-state index contributed by atoms with van der Waals surface area (Å²) in [5, 5.41) is 0. The summed E-state index contributed by atoms with van der Waals surface area (Å²) < 4.78 is 11.5. The molecule has 3 rings (SSSR count). The zero-order valence-electron chi connectivity index (χ0n) is 11.5. The smallest absolute Gasteiger partial charge is 0.119 e. The van der Waals surface area contributed by atoms with E-state index < -0.39 is 0 Å². The lowest BCUT2D eigenvalue weighted by Crippen LogP contribution is -2.15. The van der Waals surface area contributed by atoms with Crippen LogP contribution >= 0.6 is 0 Å². The van der Waals surface area contributed by atoms with Gasteiger partial charge in [0.05, 0.1) is 12.7 Å². The average molecular weight is 254 g/mol. The van der Waals surface area contributed by atoms with Crippen LogP contribution < -0.4 is 4.74 Å². The van der Waals surface area contributed by atoms with Crippen LogP contribution in [0.2, 0.25) is 0 Å². The molecule has 0 N–H and O–H groups in total. The molecule has 0 bridgehead atoms. The van der Waals surface area contributed by atoms with Crippen molar-refractivity contribution in [1.82, 2.24) is 0 Å². The molecule has 2 aromatic rings. The van der Waals surface area contributed by atoms with Crippen molar-refractivity contribution >= 4 is 0 Å². The molecule has 2 nitrogen and oxygen atoms in total. The predicted molar refractivity (Wildman–Crippen MR) is 75.4 cm³/mol. The molecule has 98 valence electrons. The maximum Gasteiger partial charge on any atom is 0.119 e. The minimum Gasteiger partial charge on any atom is -0.497 e. The van der Waals surface area contributed by atoms with Crippen molar-refractivity contribution in [2.45, 2.75) is 25.6 Å². The summed E-state index contributed by atoms with van der Waals surface area (Å²) in [5.74, 6) is 0.864. The number of rotatable bonds is 2. The lowest BCUT2D eigenvalue weighted by Gasteiger charge is -2.21. The van der Waals surface area contributed by atoms with Gasteiger partial charge >= 0.3 is 0 Å². The molecule has 0 saturated carbocycles. The van der Waals surface area contributed by atoms with Gasteiger partial charge in [0, 0.05) is 0 Å². The molecule has 1 unspecified atom stereocenters. The predicted octanol–water partition coefficient (Wildman–Crippen LogP) is 4.05. The Balaban J connectivity index is 2.08. The van der Waals surface area contributed by atoms with E-state index >= 15 is 0 Å². The Morgan fingerprint density at radius 3 is 2.63 bits per heavy atom. The lowest BCUT2D eigenvalue weighted by atomic mass is 9.93. The van der Waals surface area contributed by atoms with Gasteiger partial charge in [0.1, 0.15) is 11.9 Å². The first-order chi connectivity index (χ1) is 9.12. The quantitative estimate of drug-likeness (QED) is 0.805. The first-order valence-corrected chi connectivity index (χ1v) is 6.53. The maximum atomic E-state index is 6.25. The van der Waals surface area contributed by atoms with Crippen molar-refractivity contribution in [2.75, 3.05) is 7.11 Å². The average Bonchev–Trinajstić information content (AvgIpc) is 2.72. The van der Waals surface area contributed by atoms with Crippen molar-refractivity contribution in [2.24, 2.45) is 0 Å². The fraction of sp³-hybridized carbons (Fsp3) is 0.294. The third-order valence-electron chi connectivity index (χ3n) is 3.70. The van der Waals surface area contributed by atoms with E-state index in [4.69, 9.17) is 9.47 Å². The second kappa shape index (κ2) is 4.39. The molecular weight excluding hydrogens is 236 g/mol. The van der Waals surface area contributed by atoms with E-state index in [9.17, 15) is 0 Å². The Hall–Kier alpha value is -1.80. The molecule has 2 heteroatoms. The SMILES string of the molecule is COc1cccc(C2OC(C)(C)c3ccccc32)c1. The minimum absolute atomic E-state index is 0.0127. The van der Waals surface area contributed by atoms with E-state index in [1.165, 1.54) is 11.1 Å². The Morgan fingerprint density at radius 2 is 1.84 bits per heavy atom. The van der Waals surface area contributed by atoms with Gasteiger partial charge in [-0.3, -0.25) is 0 Å². The molecule has 19 heavy (non-hydrogen) atoms. The minimum atomic E-state index is -0.246. The Kier molecular flexibility index (Phi) is 2.83. The van der Waals surface area contributed by atoms with E-state index in [0.29, 0.717) is 0 Å². The van der Waals surface area contributed by atoms with Gasteiger partial charge < -0.3 is 9.47 Å². The summed E-state index contributed by atoms with van der Waals surface area (Å²) in [5.41, 5.74) is 3.41. The van der Waals surface area contributed by atoms with Gasteiger partial charge in [-0.1, -0.05) is 36.4 Å². The van der Waals surface area contributed by atoms with Gasteiger partial charge in [0.2, 0.25) is 0 Å². The normalized spacial score (nSPS) is 20.1. The highest BCUT2D eigenvalue weighted by atomic mass is 16.5. The molecule has 0 aromatic heterocycles. The van der Waals surface area contributed by atoms with E-state index in [1.54, 1.807) is 7.11 Å². The van der Waals surface area contributed by atoms with Crippen LogP contribution in [-0.2, 0) is 10.3 Å². The van der Waals surface area contributed by atoms with Crippen LogP contribution in [0.5, 0.6) is 5.75 Å². The number of ether oxygens (including phenoxy) is 2. The highest BCUT2D eigenvalue weighted by Gasteiger charge is 2.38. The number of fused-ring (bicyclic) bond motifs is 1. The van der Waals surface area contributed by atoms with Crippen LogP contribution in [0.1, 0.15) is 36.6 Å². The van der Waals surface area contributed by atoms with Crippen LogP contribution in [0.4, 0.5) is 0 Å². The van der Waals surface area contributed by atoms with Gasteiger partial charge in [0.15, 0.2) is 0 Å². The van der Waals surface area contributed by atoms with E-state index in [2.05, 4.69) is 44.2 Å². The molecule has 0 spiro atoms. The van der Waals surface area contributed by atoms with E-state index in [0.717, 1.165) is 11.3 Å². The zero-order chi connectivity index (χ0) is 13.5. The van der Waals surface area contributed by atoms with Crippen molar-refractivity contribution < 1.29 is 9.47 Å². The third kappa shape index (κ3) is 2.02. The summed E-state index contributed by atoms with van der Waals surface area (Å²) in [6.07, 6.45) is -0.0127. The Bertz CT molecular complexity index is 602. The van der Waals surface area contributed by atoms with Gasteiger partial charge in [-0.15, -0.1) is 0 Å². The summed E-state index contributed by atoms with van der Waals surface area (Å²) in [6.45, 7) is 4.23. The molecule has 1 aliphatic rings. The highest BCUT2D eigenvalue weighted by Crippen LogP contribution is 2.46. The number of methoxy groups -OCH3 is 1. The van der Waals surface area contributed by atoms with Gasteiger partial charge in [0.25, 0.3) is 0 Å². The Morgan fingerprint density at radius 1 is 1.05 bits per heavy atom. The van der Waals surface area contributed by atoms with Crippen LogP contribution in [-0.4, -0.2) is 7.11 Å².